The smallest absolute Gasteiger partial charge is 0.255 e. The molecule has 2 N–H and O–H groups in total. The van der Waals surface area contributed by atoms with Crippen molar-refractivity contribution < 1.29 is 14.4 Å². The predicted molar refractivity (Wildman–Crippen MR) is 102 cm³/mol. The minimum absolute atomic E-state index is 0.104. The van der Waals surface area contributed by atoms with Gasteiger partial charge in [0.05, 0.1) is 0 Å². The molecule has 7 nitrogen and oxygen atoms in total. The Hall–Kier alpha value is -2.25. The Bertz CT molecular complexity index is 827. The zero-order valence-corrected chi connectivity index (χ0v) is 15.9. The Morgan fingerprint density at radius 3 is 2.57 bits per heavy atom. The molecule has 0 spiro atoms. The monoisotopic (exact) mass is 382 g/mol. The lowest BCUT2D eigenvalue weighted by Crippen LogP contribution is -2.58. The summed E-state index contributed by atoms with van der Waals surface area (Å²) in [5.41, 5.74) is 2.89. The number of nitrogens with zero attached hydrogens (tertiary/aromatic N) is 2. The van der Waals surface area contributed by atoms with Crippen LogP contribution in [0.25, 0.3) is 0 Å². The number of hydrogen-bond donors (Lipinski definition) is 2. The van der Waals surface area contributed by atoms with E-state index in [-0.39, 0.29) is 24.1 Å². The third kappa shape index (κ3) is 3.22. The Balaban J connectivity index is 1.29. The van der Waals surface area contributed by atoms with E-state index in [9.17, 15) is 14.4 Å². The molecular weight excluding hydrogens is 356 g/mol. The van der Waals surface area contributed by atoms with E-state index in [1.807, 2.05) is 12.1 Å². The summed E-state index contributed by atoms with van der Waals surface area (Å²) in [5, 5.41) is 6.06. The number of nitrogens with one attached hydrogen (secondary N) is 2. The Morgan fingerprint density at radius 2 is 1.82 bits per heavy atom. The summed E-state index contributed by atoms with van der Waals surface area (Å²) >= 11 is 0. The molecule has 2 bridgehead atoms. The SMILES string of the molecule is O=C1CCC(N2Cc3cc(CN4CC5CCCC(C4)N5)ccc3C2=O)C(=O)N1. The summed E-state index contributed by atoms with van der Waals surface area (Å²) in [6, 6.07) is 6.73. The molecule has 5 rings (SSSR count). The van der Waals surface area contributed by atoms with Gasteiger partial charge in [-0.25, -0.2) is 0 Å². The molecule has 1 aromatic rings. The molecule has 7 heteroatoms. The summed E-state index contributed by atoms with van der Waals surface area (Å²) in [6.45, 7) is 3.50. The minimum atomic E-state index is -0.548. The molecule has 4 heterocycles. The molecule has 28 heavy (non-hydrogen) atoms. The molecule has 148 valence electrons. The summed E-state index contributed by atoms with van der Waals surface area (Å²) in [5.74, 6) is -0.716. The van der Waals surface area contributed by atoms with E-state index < -0.39 is 6.04 Å². The molecule has 0 radical (unpaired) electrons. The van der Waals surface area contributed by atoms with Gasteiger partial charge < -0.3 is 10.2 Å². The van der Waals surface area contributed by atoms with Gasteiger partial charge in [0, 0.05) is 50.2 Å². The van der Waals surface area contributed by atoms with Crippen molar-refractivity contribution in [3.63, 3.8) is 0 Å². The average molecular weight is 382 g/mol. The first-order chi connectivity index (χ1) is 13.6. The summed E-state index contributed by atoms with van der Waals surface area (Å²) in [7, 11) is 0. The van der Waals surface area contributed by atoms with Crippen LogP contribution in [0.3, 0.4) is 0 Å². The van der Waals surface area contributed by atoms with Gasteiger partial charge in [0.1, 0.15) is 6.04 Å². The van der Waals surface area contributed by atoms with Crippen LogP contribution in [0.4, 0.5) is 0 Å². The molecule has 0 aromatic heterocycles. The van der Waals surface area contributed by atoms with Crippen molar-refractivity contribution in [2.75, 3.05) is 13.1 Å². The van der Waals surface area contributed by atoms with Crippen molar-refractivity contribution in [1.29, 1.82) is 0 Å². The van der Waals surface area contributed by atoms with Crippen LogP contribution in [0, 0.1) is 0 Å². The number of amides is 3. The van der Waals surface area contributed by atoms with Crippen LogP contribution in [-0.4, -0.2) is 58.7 Å². The topological polar surface area (TPSA) is 81.8 Å². The van der Waals surface area contributed by atoms with E-state index in [0.717, 1.165) is 25.2 Å². The molecule has 4 aliphatic heterocycles. The third-order valence-electron chi connectivity index (χ3n) is 6.53. The predicted octanol–water partition coefficient (Wildman–Crippen LogP) is 0.774. The highest BCUT2D eigenvalue weighted by atomic mass is 16.2. The van der Waals surface area contributed by atoms with Gasteiger partial charge >= 0.3 is 0 Å². The maximum absolute atomic E-state index is 12.8. The first-order valence-electron chi connectivity index (χ1n) is 10.3. The van der Waals surface area contributed by atoms with Crippen LogP contribution in [0.5, 0.6) is 0 Å². The first-order valence-corrected chi connectivity index (χ1v) is 10.3. The van der Waals surface area contributed by atoms with E-state index in [0.29, 0.717) is 30.6 Å². The van der Waals surface area contributed by atoms with E-state index in [1.165, 1.54) is 24.8 Å². The number of imide groups is 1. The molecule has 3 unspecified atom stereocenters. The van der Waals surface area contributed by atoms with E-state index in [1.54, 1.807) is 4.90 Å². The van der Waals surface area contributed by atoms with Crippen LogP contribution in [0.2, 0.25) is 0 Å². The van der Waals surface area contributed by atoms with Gasteiger partial charge in [-0.3, -0.25) is 24.6 Å². The Morgan fingerprint density at radius 1 is 1.04 bits per heavy atom. The molecule has 4 aliphatic rings. The summed E-state index contributed by atoms with van der Waals surface area (Å²) in [6.07, 6.45) is 4.53. The van der Waals surface area contributed by atoms with Crippen molar-refractivity contribution in [2.45, 2.75) is 63.3 Å². The zero-order valence-electron chi connectivity index (χ0n) is 15.9. The highest BCUT2D eigenvalue weighted by Crippen LogP contribution is 2.29. The zero-order chi connectivity index (χ0) is 19.3. The van der Waals surface area contributed by atoms with Gasteiger partial charge in [-0.15, -0.1) is 0 Å². The second-order valence-electron chi connectivity index (χ2n) is 8.58. The van der Waals surface area contributed by atoms with Gasteiger partial charge in [0.15, 0.2) is 0 Å². The number of likely N-dealkylation sites (tertiary alicyclic amines) is 1. The second kappa shape index (κ2) is 6.97. The van der Waals surface area contributed by atoms with Gasteiger partial charge in [0.2, 0.25) is 11.8 Å². The highest BCUT2D eigenvalue weighted by molar-refractivity contribution is 6.05. The van der Waals surface area contributed by atoms with Crippen molar-refractivity contribution in [3.05, 3.63) is 34.9 Å². The summed E-state index contributed by atoms with van der Waals surface area (Å²) < 4.78 is 0. The molecule has 3 saturated heterocycles. The van der Waals surface area contributed by atoms with Gasteiger partial charge in [-0.2, -0.15) is 0 Å². The van der Waals surface area contributed by atoms with Crippen molar-refractivity contribution in [3.8, 4) is 0 Å². The fraction of sp³-hybridized carbons (Fsp3) is 0.571. The van der Waals surface area contributed by atoms with Crippen molar-refractivity contribution >= 4 is 17.7 Å². The van der Waals surface area contributed by atoms with E-state index in [2.05, 4.69) is 21.6 Å². The van der Waals surface area contributed by atoms with Crippen LogP contribution < -0.4 is 10.6 Å². The van der Waals surface area contributed by atoms with E-state index >= 15 is 0 Å². The number of piperidine rings is 2. The number of fused-ring (bicyclic) bond motifs is 3. The normalized spacial score (nSPS) is 30.4. The highest BCUT2D eigenvalue weighted by Gasteiger charge is 2.39. The van der Waals surface area contributed by atoms with Crippen LogP contribution in [0.15, 0.2) is 18.2 Å². The quantitative estimate of drug-likeness (QED) is 0.755. The Kier molecular flexibility index (Phi) is 4.44. The molecule has 1 aromatic carbocycles. The number of carbonyl (C=O) groups excluding carboxylic acids is 3. The molecular formula is C21H26N4O3. The number of hydrogen-bond acceptors (Lipinski definition) is 5. The van der Waals surface area contributed by atoms with Gasteiger partial charge in [-0.05, 0) is 36.5 Å². The van der Waals surface area contributed by atoms with Crippen LogP contribution in [0.1, 0.15) is 53.6 Å². The fourth-order valence-electron chi connectivity index (χ4n) is 5.21. The molecule has 3 amide bonds. The first kappa shape index (κ1) is 17.8. The standard InChI is InChI=1S/C21H26N4O3/c26-19-7-6-18(20(27)23-19)25-10-14-8-13(4-5-17(14)21(25)28)9-24-11-15-2-1-3-16(12-24)22-15/h4-5,8,15-16,18,22H,1-3,6-7,9-12H2,(H,23,26,27). The van der Waals surface area contributed by atoms with Gasteiger partial charge in [-0.1, -0.05) is 18.6 Å². The number of rotatable bonds is 3. The number of piperazine rings is 1. The van der Waals surface area contributed by atoms with Crippen molar-refractivity contribution in [2.24, 2.45) is 0 Å². The largest absolute Gasteiger partial charge is 0.322 e. The summed E-state index contributed by atoms with van der Waals surface area (Å²) in [4.78, 5) is 40.5. The lowest BCUT2D eigenvalue weighted by Gasteiger charge is -2.42. The molecule has 0 aliphatic carbocycles. The van der Waals surface area contributed by atoms with Gasteiger partial charge in [0.25, 0.3) is 5.91 Å². The maximum Gasteiger partial charge on any atom is 0.255 e. The number of carbonyl (C=O) groups is 3. The van der Waals surface area contributed by atoms with Crippen LogP contribution >= 0.6 is 0 Å². The van der Waals surface area contributed by atoms with Crippen molar-refractivity contribution in [1.82, 2.24) is 20.4 Å². The average Bonchev–Trinajstić information content (AvgIpc) is 2.97. The van der Waals surface area contributed by atoms with Crippen LogP contribution in [-0.2, 0) is 22.7 Å². The molecule has 3 fully saturated rings. The van der Waals surface area contributed by atoms with E-state index in [4.69, 9.17) is 0 Å². The fourth-order valence-corrected chi connectivity index (χ4v) is 5.21. The third-order valence-corrected chi connectivity index (χ3v) is 6.53. The second-order valence-corrected chi connectivity index (χ2v) is 8.58. The number of benzene rings is 1. The minimum Gasteiger partial charge on any atom is -0.322 e. The lowest BCUT2D eigenvalue weighted by atomic mass is 9.94. The Labute approximate surface area is 164 Å². The molecule has 3 atom stereocenters. The lowest BCUT2D eigenvalue weighted by molar-refractivity contribution is -0.136. The molecule has 0 saturated carbocycles. The maximum atomic E-state index is 12.8.